The van der Waals surface area contributed by atoms with Gasteiger partial charge in [-0.05, 0) is 42.0 Å². The third-order valence-electron chi connectivity index (χ3n) is 5.24. The van der Waals surface area contributed by atoms with Gasteiger partial charge in [0.15, 0.2) is 11.5 Å². The van der Waals surface area contributed by atoms with Gasteiger partial charge >= 0.3 is 5.97 Å². The Hall–Kier alpha value is -4.11. The van der Waals surface area contributed by atoms with E-state index in [-0.39, 0.29) is 46.5 Å². The zero-order valence-electron chi connectivity index (χ0n) is 18.9. The summed E-state index contributed by atoms with van der Waals surface area (Å²) in [5, 5.41) is 40.6. The van der Waals surface area contributed by atoms with Gasteiger partial charge in [-0.1, -0.05) is 12.1 Å². The number of hydrogen-bond donors (Lipinski definition) is 4. The molecule has 4 N–H and O–H groups in total. The maximum atomic E-state index is 13.1. The van der Waals surface area contributed by atoms with E-state index in [1.165, 1.54) is 63.8 Å². The first-order chi connectivity index (χ1) is 16.3. The molecule has 180 valence electrons. The average molecular weight is 470 g/mol. The van der Waals surface area contributed by atoms with Crippen LogP contribution < -0.4 is 14.2 Å². The quantitative estimate of drug-likeness (QED) is 0.347. The first kappa shape index (κ1) is 24.5. The average Bonchev–Trinajstić information content (AvgIpc) is 2.84. The largest absolute Gasteiger partial charge is 0.508 e. The highest BCUT2D eigenvalue weighted by Crippen LogP contribution is 2.38. The van der Waals surface area contributed by atoms with Gasteiger partial charge in [0.25, 0.3) is 0 Å². The summed E-state index contributed by atoms with van der Waals surface area (Å²) in [5.74, 6) is -0.797. The van der Waals surface area contributed by atoms with Crippen molar-refractivity contribution in [3.05, 3.63) is 71.3 Å². The fourth-order valence-electron chi connectivity index (χ4n) is 3.44. The lowest BCUT2D eigenvalue weighted by atomic mass is 9.97. The number of hydrogen-bond acceptors (Lipinski definition) is 9. The molecule has 9 heteroatoms. The van der Waals surface area contributed by atoms with Gasteiger partial charge in [-0.3, -0.25) is 0 Å². The molecule has 9 nitrogen and oxygen atoms in total. The number of aliphatic hydroxyl groups excluding tert-OH is 1. The summed E-state index contributed by atoms with van der Waals surface area (Å²) in [7, 11) is 4.05. The summed E-state index contributed by atoms with van der Waals surface area (Å²) in [6, 6.07) is 13.0. The van der Waals surface area contributed by atoms with E-state index in [1.807, 2.05) is 0 Å². The maximum absolute atomic E-state index is 13.1. The Balaban J connectivity index is 1.97. The van der Waals surface area contributed by atoms with Gasteiger partial charge in [0.1, 0.15) is 29.5 Å². The van der Waals surface area contributed by atoms with Gasteiger partial charge in [-0.2, -0.15) is 0 Å². The van der Waals surface area contributed by atoms with Crippen LogP contribution in [-0.2, 0) is 11.2 Å². The number of phenolic OH excluding ortho intramolecular Hbond substituents is 3. The zero-order chi connectivity index (χ0) is 24.8. The molecular weight excluding hydrogens is 444 g/mol. The van der Waals surface area contributed by atoms with E-state index in [4.69, 9.17) is 18.9 Å². The van der Waals surface area contributed by atoms with Crippen LogP contribution in [0.25, 0.3) is 0 Å². The van der Waals surface area contributed by atoms with Crippen molar-refractivity contribution in [1.29, 1.82) is 0 Å². The molecular formula is C25H26O9. The third kappa shape index (κ3) is 5.44. The molecule has 0 amide bonds. The first-order valence-corrected chi connectivity index (χ1v) is 10.3. The van der Waals surface area contributed by atoms with Crippen LogP contribution >= 0.6 is 0 Å². The highest BCUT2D eigenvalue weighted by molar-refractivity contribution is 5.91. The fraction of sp³-hybridized carbons (Fsp3) is 0.240. The molecule has 0 unspecified atom stereocenters. The van der Waals surface area contributed by atoms with E-state index in [9.17, 15) is 25.2 Å². The van der Waals surface area contributed by atoms with E-state index < -0.39 is 18.2 Å². The summed E-state index contributed by atoms with van der Waals surface area (Å²) in [4.78, 5) is 13.1. The monoisotopic (exact) mass is 470 g/mol. The van der Waals surface area contributed by atoms with Crippen molar-refractivity contribution >= 4 is 5.97 Å². The van der Waals surface area contributed by atoms with E-state index in [1.54, 1.807) is 12.1 Å². The Morgan fingerprint density at radius 3 is 1.91 bits per heavy atom. The fourth-order valence-corrected chi connectivity index (χ4v) is 3.44. The number of benzene rings is 3. The molecule has 3 aromatic rings. The lowest BCUT2D eigenvalue weighted by molar-refractivity contribution is -0.0198. The third-order valence-corrected chi connectivity index (χ3v) is 5.24. The van der Waals surface area contributed by atoms with Crippen LogP contribution in [-0.4, -0.2) is 53.8 Å². The normalized spacial score (nSPS) is 12.5. The predicted molar refractivity (Wildman–Crippen MR) is 122 cm³/mol. The lowest BCUT2D eigenvalue weighted by Gasteiger charge is -2.25. The molecule has 0 aliphatic rings. The van der Waals surface area contributed by atoms with Crippen molar-refractivity contribution in [2.45, 2.75) is 18.6 Å². The van der Waals surface area contributed by atoms with Crippen molar-refractivity contribution in [2.24, 2.45) is 0 Å². The Morgan fingerprint density at radius 1 is 0.794 bits per heavy atom. The van der Waals surface area contributed by atoms with Crippen molar-refractivity contribution in [1.82, 2.24) is 0 Å². The minimum Gasteiger partial charge on any atom is -0.508 e. The van der Waals surface area contributed by atoms with Crippen LogP contribution in [0, 0.1) is 0 Å². The molecule has 0 saturated carbocycles. The molecule has 34 heavy (non-hydrogen) atoms. The topological polar surface area (TPSA) is 135 Å². The number of aromatic hydroxyl groups is 3. The maximum Gasteiger partial charge on any atom is 0.338 e. The number of carbonyl (C=O) groups excluding carboxylic acids is 1. The van der Waals surface area contributed by atoms with Gasteiger partial charge in [-0.25, -0.2) is 4.79 Å². The molecule has 0 aromatic heterocycles. The highest BCUT2D eigenvalue weighted by Gasteiger charge is 2.29. The van der Waals surface area contributed by atoms with Gasteiger partial charge in [0.2, 0.25) is 5.75 Å². The van der Waals surface area contributed by atoms with E-state index >= 15 is 0 Å². The van der Waals surface area contributed by atoms with Crippen LogP contribution in [0.15, 0.2) is 54.6 Å². The van der Waals surface area contributed by atoms with Crippen LogP contribution in [0.4, 0.5) is 0 Å². The second-order valence-corrected chi connectivity index (χ2v) is 7.41. The van der Waals surface area contributed by atoms with Crippen LogP contribution in [0.2, 0.25) is 0 Å². The Kier molecular flexibility index (Phi) is 7.70. The summed E-state index contributed by atoms with van der Waals surface area (Å²) in [5.41, 5.74) is 1.03. The van der Waals surface area contributed by atoms with Crippen molar-refractivity contribution < 1.29 is 44.2 Å². The van der Waals surface area contributed by atoms with E-state index in [2.05, 4.69) is 0 Å². The highest BCUT2D eigenvalue weighted by atomic mass is 16.6. The van der Waals surface area contributed by atoms with Gasteiger partial charge < -0.3 is 39.4 Å². The van der Waals surface area contributed by atoms with Crippen LogP contribution in [0.5, 0.6) is 34.5 Å². The Morgan fingerprint density at radius 2 is 1.35 bits per heavy atom. The summed E-state index contributed by atoms with van der Waals surface area (Å²) >= 11 is 0. The number of ether oxygens (including phenoxy) is 4. The van der Waals surface area contributed by atoms with Gasteiger partial charge in [0.05, 0.1) is 26.9 Å². The molecule has 0 bridgehead atoms. The molecule has 0 aliphatic carbocycles. The molecule has 2 atom stereocenters. The number of esters is 1. The molecule has 0 radical (unpaired) electrons. The summed E-state index contributed by atoms with van der Waals surface area (Å²) < 4.78 is 21.2. The second kappa shape index (κ2) is 10.7. The molecule has 0 spiro atoms. The number of phenols is 3. The number of rotatable bonds is 9. The second-order valence-electron chi connectivity index (χ2n) is 7.41. The number of methoxy groups -OCH3 is 3. The van der Waals surface area contributed by atoms with Crippen LogP contribution in [0.1, 0.15) is 27.6 Å². The smallest absolute Gasteiger partial charge is 0.338 e. The van der Waals surface area contributed by atoms with E-state index in [0.29, 0.717) is 11.1 Å². The van der Waals surface area contributed by atoms with Crippen molar-refractivity contribution in [3.63, 3.8) is 0 Å². The van der Waals surface area contributed by atoms with Crippen molar-refractivity contribution in [3.8, 4) is 34.5 Å². The minimum absolute atomic E-state index is 0.0159. The molecule has 0 heterocycles. The molecule has 0 saturated heterocycles. The van der Waals surface area contributed by atoms with Gasteiger partial charge in [-0.15, -0.1) is 0 Å². The molecule has 3 rings (SSSR count). The number of carbonyl (C=O) groups is 1. The van der Waals surface area contributed by atoms with Gasteiger partial charge in [0, 0.05) is 18.1 Å². The SMILES string of the molecule is COc1cc(O)ccc1[C@H](O)[C@@H](Cc1ccc(O)cc1)OC(=O)c1cc(OC)c(O)c(OC)c1. The molecule has 0 aliphatic heterocycles. The van der Waals surface area contributed by atoms with Crippen LogP contribution in [0.3, 0.4) is 0 Å². The molecule has 0 fully saturated rings. The Labute approximate surface area is 196 Å². The standard InChI is InChI=1S/C25H26O9/c1-31-19-13-17(27)8-9-18(19)23(28)22(10-14-4-6-16(26)7-5-14)34-25(30)15-11-20(32-2)24(29)21(12-15)33-3/h4-9,11-13,22-23,26-29H,10H2,1-3H3/t22-,23+/m1/s1. The summed E-state index contributed by atoms with van der Waals surface area (Å²) in [6.45, 7) is 0. The van der Waals surface area contributed by atoms with Crippen molar-refractivity contribution in [2.75, 3.05) is 21.3 Å². The zero-order valence-corrected chi connectivity index (χ0v) is 18.9. The lowest BCUT2D eigenvalue weighted by Crippen LogP contribution is -2.28. The minimum atomic E-state index is -1.32. The predicted octanol–water partition coefficient (Wildman–Crippen LogP) is 3.33. The summed E-state index contributed by atoms with van der Waals surface area (Å²) in [6.07, 6.45) is -2.31. The Bertz CT molecular complexity index is 1120. The first-order valence-electron chi connectivity index (χ1n) is 10.3. The number of aliphatic hydroxyl groups is 1. The molecule has 3 aromatic carbocycles. The van der Waals surface area contributed by atoms with E-state index in [0.717, 1.165) is 0 Å².